The number of nitrogens with two attached hydrogens (primary N) is 1. The van der Waals surface area contributed by atoms with Gasteiger partial charge in [0.05, 0.1) is 33.0 Å². The SMILES string of the molecule is C=C(NC(=NC(C)=NCCOCCOCCNC(=O)c1ccccc1)Nc1ccc(C=N)c(N)c1)Nc1ccccc1. The molecule has 11 heteroatoms. The number of para-hydroxylation sites is 1. The minimum Gasteiger partial charge on any atom is -0.398 e. The molecule has 220 valence electrons. The first-order valence-electron chi connectivity index (χ1n) is 13.5. The summed E-state index contributed by atoms with van der Waals surface area (Å²) in [6, 6.07) is 24.0. The Bertz CT molecular complexity index is 1360. The lowest BCUT2D eigenvalue weighted by Gasteiger charge is -2.16. The molecule has 0 heterocycles. The van der Waals surface area contributed by atoms with Gasteiger partial charge < -0.3 is 41.9 Å². The number of aliphatic imine (C=N–C) groups is 2. The number of rotatable bonds is 15. The number of carbonyl (C=O) groups excluding carboxylic acids is 1. The third-order valence-corrected chi connectivity index (χ3v) is 5.63. The number of nitrogens with zero attached hydrogens (tertiary/aromatic N) is 2. The van der Waals surface area contributed by atoms with Crippen molar-refractivity contribution >= 4 is 41.0 Å². The summed E-state index contributed by atoms with van der Waals surface area (Å²) in [7, 11) is 0. The summed E-state index contributed by atoms with van der Waals surface area (Å²) in [6.07, 6.45) is 1.20. The summed E-state index contributed by atoms with van der Waals surface area (Å²) in [5.41, 5.74) is 9.32. The molecule has 0 aliphatic rings. The van der Waals surface area contributed by atoms with Crippen LogP contribution in [0.4, 0.5) is 17.1 Å². The molecule has 0 fully saturated rings. The van der Waals surface area contributed by atoms with Crippen molar-refractivity contribution in [2.45, 2.75) is 6.92 Å². The van der Waals surface area contributed by atoms with Crippen LogP contribution in [-0.4, -0.2) is 63.4 Å². The maximum Gasteiger partial charge on any atom is 0.251 e. The third kappa shape index (κ3) is 11.6. The Kier molecular flexibility index (Phi) is 13.2. The molecular formula is C31H38N8O3. The fourth-order valence-electron chi connectivity index (χ4n) is 3.60. The Morgan fingerprint density at radius 1 is 0.929 bits per heavy atom. The van der Waals surface area contributed by atoms with Crippen LogP contribution in [0.25, 0.3) is 0 Å². The largest absolute Gasteiger partial charge is 0.398 e. The predicted octanol–water partition coefficient (Wildman–Crippen LogP) is 4.09. The number of hydrogen-bond acceptors (Lipinski definition) is 7. The van der Waals surface area contributed by atoms with Gasteiger partial charge in [-0.25, -0.2) is 4.99 Å². The fraction of sp³-hybridized carbons (Fsp3) is 0.226. The number of nitrogens with one attached hydrogen (secondary N) is 5. The number of amides is 1. The van der Waals surface area contributed by atoms with Gasteiger partial charge in [0.25, 0.3) is 5.91 Å². The first kappa shape index (κ1) is 31.5. The van der Waals surface area contributed by atoms with Gasteiger partial charge in [-0.15, -0.1) is 0 Å². The topological polar surface area (TPSA) is 158 Å². The molecule has 0 unspecified atom stereocenters. The molecule has 1 amide bonds. The summed E-state index contributed by atoms with van der Waals surface area (Å²) >= 11 is 0. The van der Waals surface area contributed by atoms with E-state index in [1.54, 1.807) is 37.3 Å². The standard InChI is InChI=1S/C31H38N8O3/c1-23(34-15-17-41-19-20-42-18-16-35-30(40)25-9-5-3-6-10-25)37-31(38-24(2)36-27-11-7-4-8-12-27)39-28-14-13-26(22-32)29(33)21-28/h3-14,21-22,32,36H,2,15-20,33H2,1H3,(H,35,40)(H2,34,37,38,39). The lowest BCUT2D eigenvalue weighted by Crippen LogP contribution is -2.33. The van der Waals surface area contributed by atoms with Crippen molar-refractivity contribution < 1.29 is 14.3 Å². The van der Waals surface area contributed by atoms with Crippen LogP contribution < -0.4 is 27.0 Å². The zero-order chi connectivity index (χ0) is 30.0. The van der Waals surface area contributed by atoms with Gasteiger partial charge in [0, 0.05) is 40.9 Å². The number of guanidine groups is 1. The van der Waals surface area contributed by atoms with Crippen LogP contribution in [0.2, 0.25) is 0 Å². The first-order valence-corrected chi connectivity index (χ1v) is 13.5. The van der Waals surface area contributed by atoms with Gasteiger partial charge in [0.2, 0.25) is 5.96 Å². The van der Waals surface area contributed by atoms with Crippen molar-refractivity contribution in [3.05, 3.63) is 102 Å². The normalized spacial score (nSPS) is 11.5. The summed E-state index contributed by atoms with van der Waals surface area (Å²) < 4.78 is 11.1. The summed E-state index contributed by atoms with van der Waals surface area (Å²) in [5, 5.41) is 19.8. The summed E-state index contributed by atoms with van der Waals surface area (Å²) in [6.45, 7) is 8.30. The highest BCUT2D eigenvalue weighted by Gasteiger charge is 2.06. The lowest BCUT2D eigenvalue weighted by atomic mass is 10.2. The van der Waals surface area contributed by atoms with Gasteiger partial charge in [-0.1, -0.05) is 43.0 Å². The van der Waals surface area contributed by atoms with Crippen molar-refractivity contribution in [2.75, 3.05) is 55.9 Å². The third-order valence-electron chi connectivity index (χ3n) is 5.63. The Labute approximate surface area is 246 Å². The van der Waals surface area contributed by atoms with Crippen LogP contribution in [-0.2, 0) is 9.47 Å². The van der Waals surface area contributed by atoms with E-state index in [-0.39, 0.29) is 5.91 Å². The Morgan fingerprint density at radius 2 is 1.62 bits per heavy atom. The van der Waals surface area contributed by atoms with Crippen LogP contribution in [0.5, 0.6) is 0 Å². The van der Waals surface area contributed by atoms with Gasteiger partial charge in [-0.05, 0) is 49.4 Å². The average molecular weight is 571 g/mol. The Morgan fingerprint density at radius 3 is 2.31 bits per heavy atom. The molecule has 7 N–H and O–H groups in total. The molecule has 11 nitrogen and oxygen atoms in total. The molecule has 3 rings (SSSR count). The number of benzene rings is 3. The van der Waals surface area contributed by atoms with E-state index in [9.17, 15) is 4.79 Å². The minimum atomic E-state index is -0.124. The summed E-state index contributed by atoms with van der Waals surface area (Å²) in [5.74, 6) is 1.30. The zero-order valence-corrected chi connectivity index (χ0v) is 23.7. The van der Waals surface area contributed by atoms with Crippen molar-refractivity contribution in [3.8, 4) is 0 Å². The zero-order valence-electron chi connectivity index (χ0n) is 23.7. The van der Waals surface area contributed by atoms with E-state index in [0.717, 1.165) is 5.69 Å². The number of amidine groups is 1. The second-order valence-corrected chi connectivity index (χ2v) is 8.94. The number of nitrogen functional groups attached to an aromatic ring is 1. The van der Waals surface area contributed by atoms with Crippen molar-refractivity contribution in [3.63, 3.8) is 0 Å². The van der Waals surface area contributed by atoms with Crippen LogP contribution in [0, 0.1) is 5.41 Å². The van der Waals surface area contributed by atoms with E-state index >= 15 is 0 Å². The highest BCUT2D eigenvalue weighted by Crippen LogP contribution is 2.16. The maximum absolute atomic E-state index is 12.0. The Balaban J connectivity index is 1.43. The van der Waals surface area contributed by atoms with E-state index in [1.807, 2.05) is 48.5 Å². The first-order chi connectivity index (χ1) is 20.4. The number of carbonyl (C=O) groups is 1. The molecule has 3 aromatic rings. The van der Waals surface area contributed by atoms with Gasteiger partial charge in [-0.3, -0.25) is 9.79 Å². The van der Waals surface area contributed by atoms with Crippen molar-refractivity contribution in [1.82, 2.24) is 10.6 Å². The molecule has 42 heavy (non-hydrogen) atoms. The van der Waals surface area contributed by atoms with Crippen LogP contribution in [0.3, 0.4) is 0 Å². The van der Waals surface area contributed by atoms with Gasteiger partial charge >= 0.3 is 0 Å². The van der Waals surface area contributed by atoms with E-state index in [4.69, 9.17) is 20.6 Å². The molecule has 0 radical (unpaired) electrons. The van der Waals surface area contributed by atoms with Gasteiger partial charge in [0.1, 0.15) is 11.7 Å². The summed E-state index contributed by atoms with van der Waals surface area (Å²) in [4.78, 5) is 21.0. The van der Waals surface area contributed by atoms with Crippen LogP contribution in [0.15, 0.2) is 101 Å². The maximum atomic E-state index is 12.0. The van der Waals surface area contributed by atoms with E-state index in [1.165, 1.54) is 6.21 Å². The van der Waals surface area contributed by atoms with Crippen molar-refractivity contribution in [2.24, 2.45) is 9.98 Å². The molecule has 0 spiro atoms. The predicted molar refractivity (Wildman–Crippen MR) is 171 cm³/mol. The van der Waals surface area contributed by atoms with E-state index in [0.29, 0.717) is 79.6 Å². The van der Waals surface area contributed by atoms with Gasteiger partial charge in [0.15, 0.2) is 0 Å². The Hall–Kier alpha value is -5.00. The lowest BCUT2D eigenvalue weighted by molar-refractivity contribution is 0.0512. The monoisotopic (exact) mass is 570 g/mol. The molecule has 0 aliphatic carbocycles. The molecule has 3 aromatic carbocycles. The van der Waals surface area contributed by atoms with E-state index < -0.39 is 0 Å². The molecule has 0 saturated carbocycles. The average Bonchev–Trinajstić information content (AvgIpc) is 2.99. The van der Waals surface area contributed by atoms with Crippen LogP contribution in [0.1, 0.15) is 22.8 Å². The molecule has 0 atom stereocenters. The molecule has 0 bridgehead atoms. The fourth-order valence-corrected chi connectivity index (χ4v) is 3.60. The minimum absolute atomic E-state index is 0.124. The number of anilines is 3. The molecule has 0 aromatic heterocycles. The highest BCUT2D eigenvalue weighted by molar-refractivity contribution is 6.03. The van der Waals surface area contributed by atoms with Crippen LogP contribution >= 0.6 is 0 Å². The highest BCUT2D eigenvalue weighted by atomic mass is 16.5. The molecule has 0 saturated heterocycles. The second kappa shape index (κ2) is 17.6. The van der Waals surface area contributed by atoms with E-state index in [2.05, 4.69) is 37.8 Å². The quantitative estimate of drug-likeness (QED) is 0.0695. The number of hydrogen-bond donors (Lipinski definition) is 6. The smallest absolute Gasteiger partial charge is 0.251 e. The van der Waals surface area contributed by atoms with Gasteiger partial charge in [-0.2, -0.15) is 0 Å². The number of ether oxygens (including phenoxy) is 2. The van der Waals surface area contributed by atoms with Crippen molar-refractivity contribution in [1.29, 1.82) is 5.41 Å². The second-order valence-electron chi connectivity index (χ2n) is 8.94. The molecular weight excluding hydrogens is 532 g/mol. The molecule has 0 aliphatic heterocycles.